The van der Waals surface area contributed by atoms with E-state index in [0.29, 0.717) is 39.6 Å². The van der Waals surface area contributed by atoms with E-state index < -0.39 is 23.5 Å². The largest absolute Gasteiger partial charge is 0.507 e. The van der Waals surface area contributed by atoms with Gasteiger partial charge in [0, 0.05) is 5.56 Å². The van der Waals surface area contributed by atoms with Crippen molar-refractivity contribution in [1.82, 2.24) is 4.98 Å². The number of nitrogens with zero attached hydrogens (tertiary/aromatic N) is 2. The number of anilines is 1. The van der Waals surface area contributed by atoms with Crippen LogP contribution in [-0.2, 0) is 9.59 Å². The number of hydrogen-bond acceptors (Lipinski definition) is 6. The highest BCUT2D eigenvalue weighted by molar-refractivity contribution is 7.22. The minimum absolute atomic E-state index is 0.0307. The van der Waals surface area contributed by atoms with Gasteiger partial charge in [0.2, 0.25) is 0 Å². The first-order valence-electron chi connectivity index (χ1n) is 12.0. The molecule has 1 amide bonds. The number of benzene rings is 3. The fraction of sp³-hybridized carbons (Fsp3) is 0.207. The number of Topliss-reactive ketones (excluding diaryl/α,β-unsaturated/α-hetero) is 1. The van der Waals surface area contributed by atoms with Crippen LogP contribution in [0.5, 0.6) is 5.75 Å². The molecule has 0 radical (unpaired) electrons. The topological polar surface area (TPSA) is 79.7 Å². The van der Waals surface area contributed by atoms with Crippen molar-refractivity contribution < 1.29 is 23.8 Å². The molecule has 1 N–H and O–H groups in total. The summed E-state index contributed by atoms with van der Waals surface area (Å²) in [6, 6.07) is 17.6. The van der Waals surface area contributed by atoms with E-state index in [2.05, 4.69) is 18.8 Å². The van der Waals surface area contributed by atoms with E-state index in [0.717, 1.165) is 16.9 Å². The highest BCUT2D eigenvalue weighted by atomic mass is 32.1. The minimum atomic E-state index is -0.904. The zero-order chi connectivity index (χ0) is 26.3. The number of aliphatic hydroxyl groups is 1. The van der Waals surface area contributed by atoms with E-state index in [-0.39, 0.29) is 16.5 Å². The molecule has 1 fully saturated rings. The van der Waals surface area contributed by atoms with Gasteiger partial charge < -0.3 is 9.84 Å². The third-order valence-corrected chi connectivity index (χ3v) is 7.36. The second kappa shape index (κ2) is 9.78. The van der Waals surface area contributed by atoms with Crippen LogP contribution in [0.2, 0.25) is 0 Å². The number of hydrogen-bond donors (Lipinski definition) is 1. The molecule has 1 saturated heterocycles. The lowest BCUT2D eigenvalue weighted by Gasteiger charge is -2.23. The maximum atomic E-state index is 13.8. The Hall–Kier alpha value is -4.04. The van der Waals surface area contributed by atoms with Crippen LogP contribution in [0, 0.1) is 5.82 Å². The molecule has 1 aliphatic rings. The van der Waals surface area contributed by atoms with Crippen molar-refractivity contribution in [2.75, 3.05) is 11.5 Å². The fourth-order valence-corrected chi connectivity index (χ4v) is 5.45. The molecule has 5 rings (SSSR count). The van der Waals surface area contributed by atoms with Crippen LogP contribution in [0.3, 0.4) is 0 Å². The van der Waals surface area contributed by atoms with Crippen LogP contribution in [0.1, 0.15) is 49.4 Å². The van der Waals surface area contributed by atoms with E-state index >= 15 is 0 Å². The monoisotopic (exact) mass is 516 g/mol. The molecule has 4 aromatic rings. The van der Waals surface area contributed by atoms with Gasteiger partial charge in [0.1, 0.15) is 17.3 Å². The van der Waals surface area contributed by atoms with Gasteiger partial charge in [-0.1, -0.05) is 49.4 Å². The Bertz CT molecular complexity index is 1520. The van der Waals surface area contributed by atoms with Crippen LogP contribution in [-0.4, -0.2) is 28.4 Å². The second-order valence-electron chi connectivity index (χ2n) is 9.06. The Kier molecular flexibility index (Phi) is 6.52. The Morgan fingerprint density at radius 1 is 1.08 bits per heavy atom. The molecule has 188 valence electrons. The molecule has 1 aliphatic heterocycles. The summed E-state index contributed by atoms with van der Waals surface area (Å²) in [5.41, 5.74) is 2.63. The molecule has 8 heteroatoms. The van der Waals surface area contributed by atoms with Gasteiger partial charge in [0.15, 0.2) is 5.13 Å². The van der Waals surface area contributed by atoms with Gasteiger partial charge in [-0.25, -0.2) is 9.37 Å². The lowest BCUT2D eigenvalue weighted by Crippen LogP contribution is -2.29. The van der Waals surface area contributed by atoms with E-state index in [1.807, 2.05) is 31.2 Å². The molecule has 0 aliphatic carbocycles. The lowest BCUT2D eigenvalue weighted by molar-refractivity contribution is -0.132. The van der Waals surface area contributed by atoms with Crippen molar-refractivity contribution in [3.63, 3.8) is 0 Å². The maximum Gasteiger partial charge on any atom is 0.301 e. The van der Waals surface area contributed by atoms with Gasteiger partial charge in [-0.15, -0.1) is 0 Å². The number of thiazole rings is 1. The zero-order valence-electron chi connectivity index (χ0n) is 20.6. The molecule has 3 aromatic carbocycles. The van der Waals surface area contributed by atoms with Gasteiger partial charge in [-0.2, -0.15) is 0 Å². The van der Waals surface area contributed by atoms with Crippen LogP contribution >= 0.6 is 11.3 Å². The third kappa shape index (κ3) is 4.49. The maximum absolute atomic E-state index is 13.8. The third-order valence-electron chi connectivity index (χ3n) is 6.35. The number of ketones is 1. The number of rotatable bonds is 6. The van der Waals surface area contributed by atoms with Crippen LogP contribution in [0.25, 0.3) is 16.0 Å². The smallest absolute Gasteiger partial charge is 0.301 e. The van der Waals surface area contributed by atoms with Crippen molar-refractivity contribution >= 4 is 44.1 Å². The van der Waals surface area contributed by atoms with Crippen molar-refractivity contribution in [3.05, 3.63) is 94.8 Å². The van der Waals surface area contributed by atoms with Crippen molar-refractivity contribution in [3.8, 4) is 5.75 Å². The van der Waals surface area contributed by atoms with Gasteiger partial charge in [0.05, 0.1) is 28.4 Å². The Labute approximate surface area is 217 Å². The molecule has 1 atom stereocenters. The number of ether oxygens (including phenoxy) is 1. The quantitative estimate of drug-likeness (QED) is 0.178. The summed E-state index contributed by atoms with van der Waals surface area (Å²) < 4.78 is 19.9. The van der Waals surface area contributed by atoms with Gasteiger partial charge in [-0.3, -0.25) is 14.5 Å². The Morgan fingerprint density at radius 2 is 1.78 bits per heavy atom. The molecule has 6 nitrogen and oxygen atoms in total. The van der Waals surface area contributed by atoms with Crippen LogP contribution in [0.4, 0.5) is 9.52 Å². The first-order chi connectivity index (χ1) is 17.8. The van der Waals surface area contributed by atoms with E-state index in [4.69, 9.17) is 4.74 Å². The van der Waals surface area contributed by atoms with Crippen molar-refractivity contribution in [1.29, 1.82) is 0 Å². The van der Waals surface area contributed by atoms with Crippen LogP contribution in [0.15, 0.2) is 72.3 Å². The van der Waals surface area contributed by atoms with E-state index in [1.165, 1.54) is 23.1 Å². The van der Waals surface area contributed by atoms with Gasteiger partial charge in [-0.05, 0) is 66.4 Å². The number of fused-ring (bicyclic) bond motifs is 1. The summed E-state index contributed by atoms with van der Waals surface area (Å²) in [7, 11) is 0. The Balaban J connectivity index is 1.68. The molecule has 1 aromatic heterocycles. The number of halogens is 1. The minimum Gasteiger partial charge on any atom is -0.507 e. The number of carbonyl (C=O) groups excluding carboxylic acids is 2. The molecule has 0 saturated carbocycles. The van der Waals surface area contributed by atoms with E-state index in [9.17, 15) is 19.1 Å². The molecule has 0 spiro atoms. The summed E-state index contributed by atoms with van der Waals surface area (Å²) in [6.45, 7) is 6.52. The lowest BCUT2D eigenvalue weighted by atomic mass is 9.93. The standard InChI is InChI=1S/C29H25FN2O4S/c1-4-36-21-12-9-19(10-13-21)26(33)24-25(18-7-5-17(6-8-18)16(2)3)32(28(35)27(24)34)29-31-22-14-11-20(30)15-23(22)37-29/h5-16,25,33H,4H2,1-3H3/t25-/m1/s1. The summed E-state index contributed by atoms with van der Waals surface area (Å²) >= 11 is 1.12. The van der Waals surface area contributed by atoms with Gasteiger partial charge in [0.25, 0.3) is 5.78 Å². The van der Waals surface area contributed by atoms with E-state index in [1.54, 1.807) is 24.3 Å². The predicted octanol–water partition coefficient (Wildman–Crippen LogP) is 6.58. The second-order valence-corrected chi connectivity index (χ2v) is 10.1. The zero-order valence-corrected chi connectivity index (χ0v) is 21.4. The summed E-state index contributed by atoms with van der Waals surface area (Å²) in [6.07, 6.45) is 0. The highest BCUT2D eigenvalue weighted by Crippen LogP contribution is 2.44. The fourth-order valence-electron chi connectivity index (χ4n) is 4.43. The van der Waals surface area contributed by atoms with Crippen LogP contribution < -0.4 is 9.64 Å². The number of amides is 1. The summed E-state index contributed by atoms with van der Waals surface area (Å²) in [4.78, 5) is 32.6. The summed E-state index contributed by atoms with van der Waals surface area (Å²) in [5, 5.41) is 11.6. The molecular weight excluding hydrogens is 491 g/mol. The molecule has 37 heavy (non-hydrogen) atoms. The molecular formula is C29H25FN2O4S. The van der Waals surface area contributed by atoms with Crippen molar-refractivity contribution in [2.24, 2.45) is 0 Å². The molecule has 0 bridgehead atoms. The van der Waals surface area contributed by atoms with Gasteiger partial charge >= 0.3 is 5.91 Å². The number of carbonyl (C=O) groups is 2. The first kappa shape index (κ1) is 24.6. The Morgan fingerprint density at radius 3 is 2.43 bits per heavy atom. The summed E-state index contributed by atoms with van der Waals surface area (Å²) in [5.74, 6) is -1.39. The van der Waals surface area contributed by atoms with Crippen molar-refractivity contribution in [2.45, 2.75) is 32.7 Å². The number of aromatic nitrogens is 1. The number of aliphatic hydroxyl groups excluding tert-OH is 1. The first-order valence-corrected chi connectivity index (χ1v) is 12.8. The highest BCUT2D eigenvalue weighted by Gasteiger charge is 2.48. The average molecular weight is 517 g/mol. The normalized spacial score (nSPS) is 17.2. The SMILES string of the molecule is CCOc1ccc(C(O)=C2C(=O)C(=O)N(c3nc4ccc(F)cc4s3)[C@@H]2c2ccc(C(C)C)cc2)cc1. The average Bonchev–Trinajstić information content (AvgIpc) is 3.42. The molecule has 0 unspecified atom stereocenters. The predicted molar refractivity (Wildman–Crippen MR) is 143 cm³/mol. The molecule has 2 heterocycles.